The molecule has 2 nitrogen and oxygen atoms in total. The van der Waals surface area contributed by atoms with E-state index in [9.17, 15) is 22.4 Å². The second kappa shape index (κ2) is 5.60. The van der Waals surface area contributed by atoms with Gasteiger partial charge in [0.1, 0.15) is 11.9 Å². The lowest BCUT2D eigenvalue weighted by Crippen LogP contribution is -2.51. The van der Waals surface area contributed by atoms with Crippen molar-refractivity contribution in [3.05, 3.63) is 34.6 Å². The van der Waals surface area contributed by atoms with E-state index in [1.165, 1.54) is 0 Å². The Morgan fingerprint density at radius 1 is 1.30 bits per heavy atom. The van der Waals surface area contributed by atoms with E-state index >= 15 is 0 Å². The highest BCUT2D eigenvalue weighted by molar-refractivity contribution is 6.33. The molecule has 0 bridgehead atoms. The van der Waals surface area contributed by atoms with Crippen LogP contribution in [0.25, 0.3) is 0 Å². The van der Waals surface area contributed by atoms with Crippen molar-refractivity contribution in [3.63, 3.8) is 0 Å². The van der Waals surface area contributed by atoms with Crippen LogP contribution in [0.5, 0.6) is 0 Å². The van der Waals surface area contributed by atoms with Crippen LogP contribution < -0.4 is 0 Å². The summed E-state index contributed by atoms with van der Waals surface area (Å²) in [5, 5.41) is -0.179. The monoisotopic (exact) mass is 309 g/mol. The lowest BCUT2D eigenvalue weighted by molar-refractivity contribution is -0.183. The van der Waals surface area contributed by atoms with Gasteiger partial charge in [0.25, 0.3) is 5.91 Å². The van der Waals surface area contributed by atoms with Crippen LogP contribution in [0.3, 0.4) is 0 Å². The van der Waals surface area contributed by atoms with Crippen molar-refractivity contribution in [2.24, 2.45) is 0 Å². The molecule has 1 aliphatic heterocycles. The standard InChI is InChI=1S/C13H12ClF4NO/c14-10-7-8(15)4-5-9(10)12(20)19-6-2-1-3-11(19)13(16,17)18/h4-5,7,11H,1-3,6H2. The summed E-state index contributed by atoms with van der Waals surface area (Å²) in [6, 6.07) is 1.24. The van der Waals surface area contributed by atoms with Gasteiger partial charge in [0.2, 0.25) is 0 Å². The molecule has 2 rings (SSSR count). The average Bonchev–Trinajstić information content (AvgIpc) is 2.37. The number of amides is 1. The summed E-state index contributed by atoms with van der Waals surface area (Å²) in [7, 11) is 0. The molecular formula is C13H12ClF4NO. The first-order chi connectivity index (χ1) is 9.30. The topological polar surface area (TPSA) is 20.3 Å². The van der Waals surface area contributed by atoms with Crippen LogP contribution in [-0.4, -0.2) is 29.6 Å². The van der Waals surface area contributed by atoms with E-state index in [-0.39, 0.29) is 23.6 Å². The largest absolute Gasteiger partial charge is 0.408 e. The van der Waals surface area contributed by atoms with Gasteiger partial charge >= 0.3 is 6.18 Å². The molecule has 0 aliphatic carbocycles. The van der Waals surface area contributed by atoms with Gasteiger partial charge in [0, 0.05) is 6.54 Å². The van der Waals surface area contributed by atoms with E-state index in [1.54, 1.807) is 0 Å². The molecule has 1 aliphatic rings. The zero-order valence-electron chi connectivity index (χ0n) is 10.4. The van der Waals surface area contributed by atoms with E-state index in [4.69, 9.17) is 11.6 Å². The molecule has 0 radical (unpaired) electrons. The molecule has 0 saturated carbocycles. The normalized spacial score (nSPS) is 20.1. The summed E-state index contributed by atoms with van der Waals surface area (Å²) in [4.78, 5) is 13.0. The van der Waals surface area contributed by atoms with E-state index in [1.807, 2.05) is 0 Å². The molecule has 1 amide bonds. The van der Waals surface area contributed by atoms with Crippen molar-refractivity contribution in [2.45, 2.75) is 31.5 Å². The first kappa shape index (κ1) is 15.1. The Bertz CT molecular complexity index is 518. The molecule has 1 heterocycles. The number of carbonyl (C=O) groups excluding carboxylic acids is 1. The molecule has 20 heavy (non-hydrogen) atoms. The molecule has 7 heteroatoms. The number of hydrogen-bond acceptors (Lipinski definition) is 1. The van der Waals surface area contributed by atoms with Crippen molar-refractivity contribution in [2.75, 3.05) is 6.54 Å². The molecule has 1 unspecified atom stereocenters. The Morgan fingerprint density at radius 3 is 2.60 bits per heavy atom. The number of rotatable bonds is 1. The predicted octanol–water partition coefficient (Wildman–Crippen LogP) is 4.04. The number of piperidine rings is 1. The maximum Gasteiger partial charge on any atom is 0.408 e. The number of halogens is 5. The van der Waals surface area contributed by atoms with Crippen molar-refractivity contribution >= 4 is 17.5 Å². The Balaban J connectivity index is 2.30. The number of likely N-dealkylation sites (tertiary alicyclic amines) is 1. The van der Waals surface area contributed by atoms with Crippen LogP contribution >= 0.6 is 11.6 Å². The summed E-state index contributed by atoms with van der Waals surface area (Å²) in [6.45, 7) is 0.0245. The van der Waals surface area contributed by atoms with Crippen LogP contribution in [-0.2, 0) is 0 Å². The van der Waals surface area contributed by atoms with Crippen LogP contribution in [0.1, 0.15) is 29.6 Å². The highest BCUT2D eigenvalue weighted by atomic mass is 35.5. The van der Waals surface area contributed by atoms with Crippen molar-refractivity contribution < 1.29 is 22.4 Å². The number of hydrogen-bond donors (Lipinski definition) is 0. The third-order valence-corrected chi connectivity index (χ3v) is 3.62. The quantitative estimate of drug-likeness (QED) is 0.717. The summed E-state index contributed by atoms with van der Waals surface area (Å²) < 4.78 is 51.8. The van der Waals surface area contributed by atoms with E-state index in [0.717, 1.165) is 23.1 Å². The SMILES string of the molecule is O=C(c1ccc(F)cc1Cl)N1CCCCC1C(F)(F)F. The number of alkyl halides is 3. The fraction of sp³-hybridized carbons (Fsp3) is 0.462. The van der Waals surface area contributed by atoms with Gasteiger partial charge in [-0.1, -0.05) is 11.6 Å². The lowest BCUT2D eigenvalue weighted by Gasteiger charge is -2.36. The van der Waals surface area contributed by atoms with E-state index < -0.39 is 23.9 Å². The fourth-order valence-corrected chi connectivity index (χ4v) is 2.58. The van der Waals surface area contributed by atoms with Gasteiger partial charge in [-0.2, -0.15) is 13.2 Å². The van der Waals surface area contributed by atoms with Gasteiger partial charge in [0.15, 0.2) is 0 Å². The Morgan fingerprint density at radius 2 is 2.00 bits per heavy atom. The maximum atomic E-state index is 12.9. The van der Waals surface area contributed by atoms with Crippen LogP contribution in [0.15, 0.2) is 18.2 Å². The average molecular weight is 310 g/mol. The van der Waals surface area contributed by atoms with Gasteiger partial charge in [-0.3, -0.25) is 4.79 Å². The second-order valence-electron chi connectivity index (χ2n) is 4.68. The number of nitrogens with zero attached hydrogens (tertiary/aromatic N) is 1. The smallest absolute Gasteiger partial charge is 0.326 e. The van der Waals surface area contributed by atoms with Gasteiger partial charge in [-0.15, -0.1) is 0 Å². The van der Waals surface area contributed by atoms with Crippen LogP contribution in [0.4, 0.5) is 17.6 Å². The minimum atomic E-state index is -4.47. The van der Waals surface area contributed by atoms with Gasteiger partial charge < -0.3 is 4.90 Å². The highest BCUT2D eigenvalue weighted by Gasteiger charge is 2.46. The minimum Gasteiger partial charge on any atom is -0.326 e. The number of benzene rings is 1. The van der Waals surface area contributed by atoms with E-state index in [2.05, 4.69) is 0 Å². The van der Waals surface area contributed by atoms with E-state index in [0.29, 0.717) is 12.8 Å². The molecule has 0 spiro atoms. The molecule has 0 N–H and O–H groups in total. The molecule has 1 saturated heterocycles. The maximum absolute atomic E-state index is 12.9. The van der Waals surface area contributed by atoms with Gasteiger partial charge in [0.05, 0.1) is 10.6 Å². The summed E-state index contributed by atoms with van der Waals surface area (Å²) in [5.41, 5.74) is -0.107. The summed E-state index contributed by atoms with van der Waals surface area (Å²) in [5.74, 6) is -1.45. The summed E-state index contributed by atoms with van der Waals surface area (Å²) >= 11 is 5.74. The third kappa shape index (κ3) is 3.06. The van der Waals surface area contributed by atoms with Gasteiger partial charge in [-0.25, -0.2) is 4.39 Å². The Hall–Kier alpha value is -1.30. The zero-order valence-corrected chi connectivity index (χ0v) is 11.1. The first-order valence-electron chi connectivity index (χ1n) is 6.13. The van der Waals surface area contributed by atoms with Gasteiger partial charge in [-0.05, 0) is 37.5 Å². The number of carbonyl (C=O) groups is 1. The Labute approximate surface area is 118 Å². The van der Waals surface area contributed by atoms with Crippen molar-refractivity contribution in [1.29, 1.82) is 0 Å². The van der Waals surface area contributed by atoms with Crippen LogP contribution in [0, 0.1) is 5.82 Å². The third-order valence-electron chi connectivity index (χ3n) is 3.30. The molecule has 1 aromatic carbocycles. The molecule has 1 aromatic rings. The zero-order chi connectivity index (χ0) is 14.9. The summed E-state index contributed by atoms with van der Waals surface area (Å²) in [6.07, 6.45) is -3.65. The van der Waals surface area contributed by atoms with Crippen molar-refractivity contribution in [3.8, 4) is 0 Å². The molecular weight excluding hydrogens is 298 g/mol. The van der Waals surface area contributed by atoms with Crippen molar-refractivity contribution in [1.82, 2.24) is 4.90 Å². The Kier molecular flexibility index (Phi) is 4.22. The molecule has 1 atom stereocenters. The minimum absolute atomic E-state index is 0.0245. The van der Waals surface area contributed by atoms with Crippen LogP contribution in [0.2, 0.25) is 5.02 Å². The first-order valence-corrected chi connectivity index (χ1v) is 6.51. The lowest BCUT2D eigenvalue weighted by atomic mass is 10.0. The molecule has 0 aromatic heterocycles. The second-order valence-corrected chi connectivity index (χ2v) is 5.08. The highest BCUT2D eigenvalue weighted by Crippen LogP contribution is 2.33. The molecule has 1 fully saturated rings. The fourth-order valence-electron chi connectivity index (χ4n) is 2.33. The molecule has 110 valence electrons. The predicted molar refractivity (Wildman–Crippen MR) is 66.1 cm³/mol.